The number of anilines is 2. The van der Waals surface area contributed by atoms with Crippen molar-refractivity contribution in [2.45, 2.75) is 0 Å². The van der Waals surface area contributed by atoms with E-state index >= 15 is 0 Å². The van der Waals surface area contributed by atoms with Gasteiger partial charge in [-0.1, -0.05) is 40.6 Å². The Hall–Kier alpha value is -1.56. The second kappa shape index (κ2) is 6.39. The van der Waals surface area contributed by atoms with E-state index in [1.807, 2.05) is 24.3 Å². The summed E-state index contributed by atoms with van der Waals surface area (Å²) in [4.78, 5) is 8.95. The smallest absolute Gasteiger partial charge is 0.186 e. The van der Waals surface area contributed by atoms with E-state index in [1.54, 1.807) is 6.07 Å². The molecule has 0 atom stereocenters. The number of halogens is 3. The zero-order valence-electron chi connectivity index (χ0n) is 12.7. The van der Waals surface area contributed by atoms with Gasteiger partial charge in [0.1, 0.15) is 11.3 Å². The Labute approximate surface area is 153 Å². The highest BCUT2D eigenvalue weighted by Crippen LogP contribution is 2.32. The van der Waals surface area contributed by atoms with Crippen molar-refractivity contribution in [2.75, 3.05) is 36.0 Å². The van der Waals surface area contributed by atoms with Gasteiger partial charge in [-0.3, -0.25) is 0 Å². The van der Waals surface area contributed by atoms with Crippen molar-refractivity contribution in [1.82, 2.24) is 4.98 Å². The molecule has 1 fully saturated rings. The Balaban J connectivity index is 1.50. The molecule has 0 unspecified atom stereocenters. The van der Waals surface area contributed by atoms with Crippen molar-refractivity contribution in [3.8, 4) is 0 Å². The molecule has 4 rings (SSSR count). The third-order valence-corrected chi connectivity index (χ3v) is 6.00. The first kappa shape index (κ1) is 15.9. The molecule has 0 bridgehead atoms. The number of hydrogen-bond acceptors (Lipinski definition) is 4. The first-order chi connectivity index (χ1) is 11.6. The molecule has 3 nitrogen and oxygen atoms in total. The van der Waals surface area contributed by atoms with Crippen LogP contribution in [0.2, 0.25) is 10.0 Å². The molecule has 0 amide bonds. The Bertz CT molecular complexity index is 891. The lowest BCUT2D eigenvalue weighted by atomic mass is 10.2. The van der Waals surface area contributed by atoms with Crippen LogP contribution in [0.15, 0.2) is 36.4 Å². The Morgan fingerprint density at radius 1 is 0.958 bits per heavy atom. The van der Waals surface area contributed by atoms with Crippen LogP contribution in [0.25, 0.3) is 10.2 Å². The van der Waals surface area contributed by atoms with Crippen molar-refractivity contribution in [3.05, 3.63) is 52.3 Å². The molecule has 1 saturated heterocycles. The number of aromatic nitrogens is 1. The zero-order valence-corrected chi connectivity index (χ0v) is 15.0. The maximum atomic E-state index is 13.8. The van der Waals surface area contributed by atoms with Gasteiger partial charge in [0.2, 0.25) is 0 Å². The Morgan fingerprint density at radius 2 is 1.71 bits per heavy atom. The average Bonchev–Trinajstić information content (AvgIpc) is 3.03. The molecule has 0 N–H and O–H groups in total. The summed E-state index contributed by atoms with van der Waals surface area (Å²) < 4.78 is 14.7. The molecule has 2 heterocycles. The summed E-state index contributed by atoms with van der Waals surface area (Å²) >= 11 is 13.6. The summed E-state index contributed by atoms with van der Waals surface area (Å²) in [5.74, 6) is -0.260. The first-order valence-corrected chi connectivity index (χ1v) is 9.19. The molecule has 124 valence electrons. The number of benzene rings is 2. The van der Waals surface area contributed by atoms with E-state index in [9.17, 15) is 4.39 Å². The van der Waals surface area contributed by atoms with Crippen LogP contribution in [0, 0.1) is 5.82 Å². The number of thiazole rings is 1. The van der Waals surface area contributed by atoms with Gasteiger partial charge < -0.3 is 9.80 Å². The van der Waals surface area contributed by atoms with E-state index < -0.39 is 0 Å². The fourth-order valence-electron chi connectivity index (χ4n) is 2.88. The van der Waals surface area contributed by atoms with Gasteiger partial charge >= 0.3 is 0 Å². The summed E-state index contributed by atoms with van der Waals surface area (Å²) in [6.07, 6.45) is 0. The minimum Gasteiger partial charge on any atom is -0.368 e. The molecular weight excluding hydrogens is 368 g/mol. The summed E-state index contributed by atoms with van der Waals surface area (Å²) in [7, 11) is 0. The van der Waals surface area contributed by atoms with Crippen LogP contribution in [0.1, 0.15) is 0 Å². The molecule has 0 saturated carbocycles. The normalized spacial score (nSPS) is 15.3. The lowest BCUT2D eigenvalue weighted by Gasteiger charge is -2.36. The molecule has 7 heteroatoms. The summed E-state index contributed by atoms with van der Waals surface area (Å²) in [5.41, 5.74) is 1.53. The molecule has 1 aliphatic rings. The highest BCUT2D eigenvalue weighted by Gasteiger charge is 2.21. The standard InChI is InChI=1S/C17H14Cl2FN3S/c18-12-5-4-11(10-13(12)19)22-6-8-23(9-7-22)17-21-16-14(20)2-1-3-15(16)24-17/h1-5,10H,6-9H2. The van der Waals surface area contributed by atoms with Crippen molar-refractivity contribution < 1.29 is 4.39 Å². The van der Waals surface area contributed by atoms with E-state index in [0.29, 0.717) is 15.6 Å². The fraction of sp³-hybridized carbons (Fsp3) is 0.235. The van der Waals surface area contributed by atoms with E-state index in [2.05, 4.69) is 14.8 Å². The number of para-hydroxylation sites is 1. The third kappa shape index (κ3) is 2.92. The van der Waals surface area contributed by atoms with Crippen LogP contribution >= 0.6 is 34.5 Å². The molecule has 2 aromatic carbocycles. The highest BCUT2D eigenvalue weighted by molar-refractivity contribution is 7.22. The van der Waals surface area contributed by atoms with Crippen molar-refractivity contribution in [1.29, 1.82) is 0 Å². The molecule has 3 aromatic rings. The van der Waals surface area contributed by atoms with Crippen LogP contribution in [0.5, 0.6) is 0 Å². The molecule has 24 heavy (non-hydrogen) atoms. The predicted molar refractivity (Wildman–Crippen MR) is 100 cm³/mol. The Morgan fingerprint density at radius 3 is 2.42 bits per heavy atom. The lowest BCUT2D eigenvalue weighted by Crippen LogP contribution is -2.46. The van der Waals surface area contributed by atoms with Crippen LogP contribution in [0.4, 0.5) is 15.2 Å². The maximum absolute atomic E-state index is 13.8. The van der Waals surface area contributed by atoms with Gasteiger partial charge in [0.25, 0.3) is 0 Å². The second-order valence-electron chi connectivity index (χ2n) is 5.66. The monoisotopic (exact) mass is 381 g/mol. The van der Waals surface area contributed by atoms with Crippen LogP contribution in [-0.4, -0.2) is 31.2 Å². The number of piperazine rings is 1. The maximum Gasteiger partial charge on any atom is 0.186 e. The van der Waals surface area contributed by atoms with Crippen molar-refractivity contribution >= 4 is 55.6 Å². The topological polar surface area (TPSA) is 19.4 Å². The number of rotatable bonds is 2. The van der Waals surface area contributed by atoms with E-state index in [1.165, 1.54) is 17.4 Å². The number of fused-ring (bicyclic) bond motifs is 1. The minimum absolute atomic E-state index is 0.260. The van der Waals surface area contributed by atoms with Gasteiger partial charge in [-0.2, -0.15) is 0 Å². The summed E-state index contributed by atoms with van der Waals surface area (Å²) in [6, 6.07) is 10.8. The number of nitrogens with zero attached hydrogens (tertiary/aromatic N) is 3. The van der Waals surface area contributed by atoms with Gasteiger partial charge in [-0.15, -0.1) is 0 Å². The minimum atomic E-state index is -0.260. The first-order valence-electron chi connectivity index (χ1n) is 7.62. The van der Waals surface area contributed by atoms with Crippen molar-refractivity contribution in [2.24, 2.45) is 0 Å². The van der Waals surface area contributed by atoms with Crippen molar-refractivity contribution in [3.63, 3.8) is 0 Å². The summed E-state index contributed by atoms with van der Waals surface area (Å²) in [6.45, 7) is 3.39. The average molecular weight is 382 g/mol. The Kier molecular flexibility index (Phi) is 4.24. The fourth-order valence-corrected chi connectivity index (χ4v) is 4.20. The van der Waals surface area contributed by atoms with Crippen LogP contribution in [-0.2, 0) is 0 Å². The van der Waals surface area contributed by atoms with E-state index in [0.717, 1.165) is 41.7 Å². The highest BCUT2D eigenvalue weighted by atomic mass is 35.5. The molecule has 1 aliphatic heterocycles. The van der Waals surface area contributed by atoms with Gasteiger partial charge in [0, 0.05) is 31.9 Å². The van der Waals surface area contributed by atoms with E-state index in [-0.39, 0.29) is 5.82 Å². The molecule has 0 spiro atoms. The molecule has 0 aliphatic carbocycles. The molecule has 0 radical (unpaired) electrons. The van der Waals surface area contributed by atoms with Crippen LogP contribution in [0.3, 0.4) is 0 Å². The zero-order chi connectivity index (χ0) is 16.7. The lowest BCUT2D eigenvalue weighted by molar-refractivity contribution is 0.635. The van der Waals surface area contributed by atoms with Gasteiger partial charge in [-0.05, 0) is 30.3 Å². The van der Waals surface area contributed by atoms with Gasteiger partial charge in [0.15, 0.2) is 5.13 Å². The molecule has 1 aromatic heterocycles. The summed E-state index contributed by atoms with van der Waals surface area (Å²) in [5, 5.41) is 2.01. The van der Waals surface area contributed by atoms with Crippen LogP contribution < -0.4 is 9.80 Å². The largest absolute Gasteiger partial charge is 0.368 e. The number of hydrogen-bond donors (Lipinski definition) is 0. The van der Waals surface area contributed by atoms with Gasteiger partial charge in [-0.25, -0.2) is 9.37 Å². The quantitative estimate of drug-likeness (QED) is 0.617. The SMILES string of the molecule is Fc1cccc2sc(N3CCN(c4ccc(Cl)c(Cl)c4)CC3)nc12. The van der Waals surface area contributed by atoms with Gasteiger partial charge in [0.05, 0.1) is 14.7 Å². The molecular formula is C17H14Cl2FN3S. The van der Waals surface area contributed by atoms with E-state index in [4.69, 9.17) is 23.2 Å². The second-order valence-corrected chi connectivity index (χ2v) is 7.48. The third-order valence-electron chi connectivity index (χ3n) is 4.18. The predicted octanol–water partition coefficient (Wildman–Crippen LogP) is 5.07.